The van der Waals surface area contributed by atoms with Gasteiger partial charge in [-0.2, -0.15) is 0 Å². The minimum atomic E-state index is -3.25. The monoisotopic (exact) mass is 305 g/mol. The molecule has 0 spiro atoms. The summed E-state index contributed by atoms with van der Waals surface area (Å²) in [6.45, 7) is 4.14. The number of nitrogens with zero attached hydrogens (tertiary/aromatic N) is 2. The van der Waals surface area contributed by atoms with E-state index in [4.69, 9.17) is 0 Å². The van der Waals surface area contributed by atoms with Gasteiger partial charge >= 0.3 is 0 Å². The van der Waals surface area contributed by atoms with Crippen molar-refractivity contribution in [1.82, 2.24) is 9.97 Å². The van der Waals surface area contributed by atoms with Crippen LogP contribution in [0.25, 0.3) is 0 Å². The Bertz CT molecular complexity index is 714. The highest BCUT2D eigenvalue weighted by Crippen LogP contribution is 2.23. The lowest BCUT2D eigenvalue weighted by atomic mass is 10.3. The van der Waals surface area contributed by atoms with E-state index in [1.54, 1.807) is 24.4 Å². The van der Waals surface area contributed by atoms with E-state index >= 15 is 0 Å². The zero-order valence-electron chi connectivity index (χ0n) is 12.2. The van der Waals surface area contributed by atoms with Gasteiger partial charge in [0, 0.05) is 6.20 Å². The molecule has 0 saturated carbocycles. The van der Waals surface area contributed by atoms with Gasteiger partial charge in [0.05, 0.1) is 28.6 Å². The maximum absolute atomic E-state index is 12.3. The molecule has 0 radical (unpaired) electrons. The van der Waals surface area contributed by atoms with Crippen LogP contribution in [-0.2, 0) is 16.4 Å². The lowest BCUT2D eigenvalue weighted by molar-refractivity contribution is 0.595. The number of para-hydroxylation sites is 1. The molecule has 112 valence electrons. The lowest BCUT2D eigenvalue weighted by Gasteiger charge is -2.12. The fourth-order valence-electron chi connectivity index (χ4n) is 2.05. The zero-order valence-corrected chi connectivity index (χ0v) is 13.0. The van der Waals surface area contributed by atoms with Crippen molar-refractivity contribution in [3.05, 3.63) is 48.0 Å². The first-order valence-electron chi connectivity index (χ1n) is 6.87. The van der Waals surface area contributed by atoms with Gasteiger partial charge in [0.15, 0.2) is 9.84 Å². The van der Waals surface area contributed by atoms with Gasteiger partial charge in [-0.25, -0.2) is 18.4 Å². The van der Waals surface area contributed by atoms with Crippen LogP contribution < -0.4 is 5.32 Å². The first-order chi connectivity index (χ1) is 10.0. The second kappa shape index (κ2) is 6.67. The minimum Gasteiger partial charge on any atom is -0.378 e. The SMILES string of the molecule is CCCS(=O)(=O)c1ccccc1NCc1ccnc(C)n1. The van der Waals surface area contributed by atoms with E-state index < -0.39 is 9.84 Å². The van der Waals surface area contributed by atoms with E-state index in [-0.39, 0.29) is 5.75 Å². The molecule has 6 heteroatoms. The summed E-state index contributed by atoms with van der Waals surface area (Å²) in [5.41, 5.74) is 1.44. The van der Waals surface area contributed by atoms with Crippen LogP contribution in [0.15, 0.2) is 41.4 Å². The summed E-state index contributed by atoms with van der Waals surface area (Å²) < 4.78 is 24.5. The Balaban J connectivity index is 2.21. The second-order valence-corrected chi connectivity index (χ2v) is 6.84. The molecule has 2 aromatic rings. The van der Waals surface area contributed by atoms with Crippen molar-refractivity contribution in [3.63, 3.8) is 0 Å². The first-order valence-corrected chi connectivity index (χ1v) is 8.52. The summed E-state index contributed by atoms with van der Waals surface area (Å²) in [6.07, 6.45) is 2.29. The van der Waals surface area contributed by atoms with Crippen LogP contribution in [0, 0.1) is 6.92 Å². The minimum absolute atomic E-state index is 0.151. The number of nitrogens with one attached hydrogen (secondary N) is 1. The number of aromatic nitrogens is 2. The van der Waals surface area contributed by atoms with E-state index in [2.05, 4.69) is 15.3 Å². The summed E-state index contributed by atoms with van der Waals surface area (Å²) in [4.78, 5) is 8.68. The Kier molecular flexibility index (Phi) is 4.90. The average molecular weight is 305 g/mol. The molecule has 0 aliphatic rings. The Morgan fingerprint density at radius 3 is 2.67 bits per heavy atom. The van der Waals surface area contributed by atoms with E-state index in [0.717, 1.165) is 5.69 Å². The number of rotatable bonds is 6. The molecular formula is C15H19N3O2S. The smallest absolute Gasteiger partial charge is 0.180 e. The molecule has 1 aromatic carbocycles. The van der Waals surface area contributed by atoms with Crippen molar-refractivity contribution < 1.29 is 8.42 Å². The number of aryl methyl sites for hydroxylation is 1. The van der Waals surface area contributed by atoms with E-state index in [1.165, 1.54) is 0 Å². The Hall–Kier alpha value is -1.95. The number of sulfone groups is 1. The van der Waals surface area contributed by atoms with Crippen LogP contribution in [0.4, 0.5) is 5.69 Å². The topological polar surface area (TPSA) is 72.0 Å². The third-order valence-corrected chi connectivity index (χ3v) is 4.96. The van der Waals surface area contributed by atoms with Crippen LogP contribution in [0.2, 0.25) is 0 Å². The maximum Gasteiger partial charge on any atom is 0.180 e. The van der Waals surface area contributed by atoms with Gasteiger partial charge in [0.25, 0.3) is 0 Å². The van der Waals surface area contributed by atoms with Crippen molar-refractivity contribution in [2.75, 3.05) is 11.1 Å². The Morgan fingerprint density at radius 1 is 1.19 bits per heavy atom. The normalized spacial score (nSPS) is 11.3. The van der Waals surface area contributed by atoms with Gasteiger partial charge in [0.2, 0.25) is 0 Å². The molecule has 0 atom stereocenters. The molecule has 1 N–H and O–H groups in total. The second-order valence-electron chi connectivity index (χ2n) is 4.76. The number of anilines is 1. The van der Waals surface area contributed by atoms with E-state index in [1.807, 2.05) is 26.0 Å². The molecule has 5 nitrogen and oxygen atoms in total. The van der Waals surface area contributed by atoms with E-state index in [0.29, 0.717) is 29.4 Å². The highest BCUT2D eigenvalue weighted by molar-refractivity contribution is 7.91. The van der Waals surface area contributed by atoms with Crippen LogP contribution in [0.5, 0.6) is 0 Å². The Labute approximate surface area is 125 Å². The molecule has 0 saturated heterocycles. The van der Waals surface area contributed by atoms with Crippen LogP contribution in [0.3, 0.4) is 0 Å². The van der Waals surface area contributed by atoms with E-state index in [9.17, 15) is 8.42 Å². The molecule has 0 unspecified atom stereocenters. The summed E-state index contributed by atoms with van der Waals surface area (Å²) >= 11 is 0. The summed E-state index contributed by atoms with van der Waals surface area (Å²) in [7, 11) is -3.25. The van der Waals surface area contributed by atoms with Gasteiger partial charge in [-0.15, -0.1) is 0 Å². The van der Waals surface area contributed by atoms with Crippen molar-refractivity contribution in [3.8, 4) is 0 Å². The number of hydrogen-bond donors (Lipinski definition) is 1. The van der Waals surface area contributed by atoms with Crippen LogP contribution in [-0.4, -0.2) is 24.1 Å². The average Bonchev–Trinajstić information content (AvgIpc) is 2.45. The van der Waals surface area contributed by atoms with Crippen LogP contribution >= 0.6 is 0 Å². The molecular weight excluding hydrogens is 286 g/mol. The predicted molar refractivity (Wildman–Crippen MR) is 82.9 cm³/mol. The quantitative estimate of drug-likeness (QED) is 0.888. The summed E-state index contributed by atoms with van der Waals surface area (Å²) in [5.74, 6) is 0.847. The molecule has 0 aliphatic carbocycles. The Morgan fingerprint density at radius 2 is 1.95 bits per heavy atom. The van der Waals surface area contributed by atoms with Crippen LogP contribution in [0.1, 0.15) is 24.9 Å². The third-order valence-electron chi connectivity index (χ3n) is 2.99. The highest BCUT2D eigenvalue weighted by Gasteiger charge is 2.17. The van der Waals surface area contributed by atoms with Gasteiger partial charge in [0.1, 0.15) is 5.82 Å². The zero-order chi connectivity index (χ0) is 15.3. The van der Waals surface area contributed by atoms with Crippen molar-refractivity contribution in [1.29, 1.82) is 0 Å². The highest BCUT2D eigenvalue weighted by atomic mass is 32.2. The lowest BCUT2D eigenvalue weighted by Crippen LogP contribution is -2.11. The molecule has 1 aromatic heterocycles. The van der Waals surface area contributed by atoms with Crippen molar-refractivity contribution in [2.24, 2.45) is 0 Å². The number of hydrogen-bond acceptors (Lipinski definition) is 5. The van der Waals surface area contributed by atoms with Crippen molar-refractivity contribution in [2.45, 2.75) is 31.7 Å². The number of benzene rings is 1. The summed E-state index contributed by atoms with van der Waals surface area (Å²) in [5, 5.41) is 3.15. The van der Waals surface area contributed by atoms with Gasteiger partial charge in [-0.1, -0.05) is 19.1 Å². The summed E-state index contributed by atoms with van der Waals surface area (Å²) in [6, 6.07) is 8.78. The molecule has 0 amide bonds. The third kappa shape index (κ3) is 4.01. The molecule has 0 bridgehead atoms. The van der Waals surface area contributed by atoms with Gasteiger partial charge in [-0.05, 0) is 31.5 Å². The van der Waals surface area contributed by atoms with Crippen molar-refractivity contribution >= 4 is 15.5 Å². The van der Waals surface area contributed by atoms with Gasteiger partial charge in [-0.3, -0.25) is 0 Å². The molecule has 1 heterocycles. The first kappa shape index (κ1) is 15.4. The molecule has 2 rings (SSSR count). The largest absolute Gasteiger partial charge is 0.378 e. The molecule has 0 aliphatic heterocycles. The standard InChI is InChI=1S/C15H19N3O2S/c1-3-10-21(19,20)15-7-5-4-6-14(15)17-11-13-8-9-16-12(2)18-13/h4-9,17H,3,10-11H2,1-2H3. The molecule has 21 heavy (non-hydrogen) atoms. The maximum atomic E-state index is 12.3. The van der Waals surface area contributed by atoms with Gasteiger partial charge < -0.3 is 5.32 Å². The molecule has 0 fully saturated rings. The predicted octanol–water partition coefficient (Wildman–Crippen LogP) is 2.58. The fraction of sp³-hybridized carbons (Fsp3) is 0.333. The fourth-order valence-corrected chi connectivity index (χ4v) is 3.57.